The Kier molecular flexibility index (Phi) is 4.63. The number of hydrogen-bond donors (Lipinski definition) is 0. The minimum absolute atomic E-state index is 0.117. The summed E-state index contributed by atoms with van der Waals surface area (Å²) < 4.78 is 11.8. The van der Waals surface area contributed by atoms with Crippen molar-refractivity contribution in [2.75, 3.05) is 0 Å². The number of ether oxygens (including phenoxy) is 1. The van der Waals surface area contributed by atoms with Gasteiger partial charge in [-0.25, -0.2) is 9.78 Å². The Balaban J connectivity index is 1.67. The van der Waals surface area contributed by atoms with Crippen molar-refractivity contribution in [1.82, 2.24) is 9.55 Å². The van der Waals surface area contributed by atoms with E-state index in [1.165, 1.54) is 0 Å². The number of para-hydroxylation sites is 2. The van der Waals surface area contributed by atoms with E-state index < -0.39 is 11.5 Å². The monoisotopic (exact) mass is 387 g/mol. The Morgan fingerprint density at radius 3 is 2.62 bits per heavy atom. The molecule has 0 bridgehead atoms. The van der Waals surface area contributed by atoms with Gasteiger partial charge in [-0.15, -0.1) is 0 Å². The number of nitriles is 1. The number of nitrogens with zero attached hydrogens (tertiary/aromatic N) is 3. The molecule has 0 atom stereocenters. The fourth-order valence-corrected chi connectivity index (χ4v) is 2.96. The molecule has 8 heteroatoms. The highest BCUT2D eigenvalue weighted by Crippen LogP contribution is 2.14. The first-order chi connectivity index (χ1) is 14.1. The fourth-order valence-electron chi connectivity index (χ4n) is 2.96. The maximum atomic E-state index is 12.6. The van der Waals surface area contributed by atoms with E-state index in [4.69, 9.17) is 14.4 Å². The second-order valence-corrected chi connectivity index (χ2v) is 6.14. The first kappa shape index (κ1) is 18.1. The molecular formula is C21H13N3O5. The van der Waals surface area contributed by atoms with Crippen molar-refractivity contribution in [3.8, 4) is 6.07 Å². The van der Waals surface area contributed by atoms with Gasteiger partial charge < -0.3 is 9.15 Å². The van der Waals surface area contributed by atoms with Crippen LogP contribution >= 0.6 is 0 Å². The maximum absolute atomic E-state index is 12.6. The number of carbonyl (C=O) groups excluding carboxylic acids is 1. The number of rotatable bonds is 4. The summed E-state index contributed by atoms with van der Waals surface area (Å²) in [5.41, 5.74) is -0.0865. The van der Waals surface area contributed by atoms with Crippen molar-refractivity contribution in [2.24, 2.45) is 0 Å². The van der Waals surface area contributed by atoms with Crippen LogP contribution in [-0.2, 0) is 17.9 Å². The summed E-state index contributed by atoms with van der Waals surface area (Å²) in [5, 5.41) is 9.74. The molecule has 0 spiro atoms. The lowest BCUT2D eigenvalue weighted by molar-refractivity contribution is 0.0421. The van der Waals surface area contributed by atoms with Crippen LogP contribution in [0, 0.1) is 11.3 Å². The Labute approximate surface area is 163 Å². The van der Waals surface area contributed by atoms with Crippen LogP contribution in [0.4, 0.5) is 0 Å². The second-order valence-electron chi connectivity index (χ2n) is 6.14. The van der Waals surface area contributed by atoms with Crippen LogP contribution in [-0.4, -0.2) is 15.5 Å². The summed E-state index contributed by atoms with van der Waals surface area (Å²) in [6, 6.07) is 16.2. The van der Waals surface area contributed by atoms with E-state index in [0.29, 0.717) is 16.3 Å². The molecule has 0 saturated carbocycles. The Bertz CT molecular complexity index is 1410. The van der Waals surface area contributed by atoms with Crippen LogP contribution in [0.2, 0.25) is 0 Å². The van der Waals surface area contributed by atoms with E-state index >= 15 is 0 Å². The Morgan fingerprint density at radius 1 is 1.10 bits per heavy atom. The molecular weight excluding hydrogens is 374 g/mol. The molecule has 142 valence electrons. The average molecular weight is 387 g/mol. The number of esters is 1. The fraction of sp³-hybridized carbons (Fsp3) is 0.0952. The number of aromatic nitrogens is 2. The minimum Gasteiger partial charge on any atom is -0.452 e. The molecule has 29 heavy (non-hydrogen) atoms. The van der Waals surface area contributed by atoms with Gasteiger partial charge in [-0.05, 0) is 24.3 Å². The highest BCUT2D eigenvalue weighted by molar-refractivity contribution is 5.88. The predicted molar refractivity (Wildman–Crippen MR) is 103 cm³/mol. The zero-order valence-electron chi connectivity index (χ0n) is 15.0. The number of hydrogen-bond acceptors (Lipinski definition) is 7. The summed E-state index contributed by atoms with van der Waals surface area (Å²) in [6.07, 6.45) is 0. The molecule has 0 saturated heterocycles. The normalized spacial score (nSPS) is 10.7. The van der Waals surface area contributed by atoms with Gasteiger partial charge in [0, 0.05) is 6.07 Å². The van der Waals surface area contributed by atoms with Gasteiger partial charge >= 0.3 is 5.97 Å². The third kappa shape index (κ3) is 3.37. The molecule has 0 aliphatic heterocycles. The van der Waals surface area contributed by atoms with Crippen LogP contribution < -0.4 is 11.0 Å². The standard InChI is InChI=1S/C21H13N3O5/c22-9-10-24-19(23-15-7-3-1-5-13(15)20(24)26)12-28-21(27)18-11-16(25)14-6-2-4-8-17(14)29-18/h1-8,11H,10,12H2. The lowest BCUT2D eigenvalue weighted by atomic mass is 10.2. The first-order valence-electron chi connectivity index (χ1n) is 8.64. The summed E-state index contributed by atoms with van der Waals surface area (Å²) in [4.78, 5) is 41.5. The highest BCUT2D eigenvalue weighted by Gasteiger charge is 2.17. The molecule has 0 amide bonds. The minimum atomic E-state index is -0.876. The molecule has 0 unspecified atom stereocenters. The van der Waals surface area contributed by atoms with Crippen LogP contribution in [0.1, 0.15) is 16.4 Å². The van der Waals surface area contributed by atoms with E-state index in [9.17, 15) is 14.4 Å². The summed E-state index contributed by atoms with van der Waals surface area (Å²) in [5.74, 6) is -1.02. The molecule has 0 aliphatic rings. The summed E-state index contributed by atoms with van der Waals surface area (Å²) in [7, 11) is 0. The number of fused-ring (bicyclic) bond motifs is 2. The highest BCUT2D eigenvalue weighted by atomic mass is 16.5. The Morgan fingerprint density at radius 2 is 1.83 bits per heavy atom. The molecule has 0 fully saturated rings. The molecule has 2 aromatic carbocycles. The Hall–Kier alpha value is -4.25. The van der Waals surface area contributed by atoms with E-state index in [2.05, 4.69) is 4.98 Å². The second kappa shape index (κ2) is 7.40. The summed E-state index contributed by atoms with van der Waals surface area (Å²) in [6.45, 7) is -0.605. The quantitative estimate of drug-likeness (QED) is 0.494. The third-order valence-electron chi connectivity index (χ3n) is 4.34. The van der Waals surface area contributed by atoms with E-state index in [-0.39, 0.29) is 35.7 Å². The SMILES string of the molecule is N#CCn1c(COC(=O)c2cc(=O)c3ccccc3o2)nc2ccccc2c1=O. The van der Waals surface area contributed by atoms with Gasteiger partial charge in [0.25, 0.3) is 5.56 Å². The predicted octanol–water partition coefficient (Wildman–Crippen LogP) is 2.38. The molecule has 8 nitrogen and oxygen atoms in total. The molecule has 0 radical (unpaired) electrons. The van der Waals surface area contributed by atoms with Crippen LogP contribution in [0.5, 0.6) is 0 Å². The van der Waals surface area contributed by atoms with E-state index in [1.54, 1.807) is 48.5 Å². The zero-order valence-corrected chi connectivity index (χ0v) is 15.0. The smallest absolute Gasteiger partial charge is 0.374 e. The molecule has 0 aliphatic carbocycles. The van der Waals surface area contributed by atoms with Gasteiger partial charge in [0.2, 0.25) is 5.76 Å². The van der Waals surface area contributed by atoms with Crippen molar-refractivity contribution >= 4 is 27.8 Å². The largest absolute Gasteiger partial charge is 0.452 e. The first-order valence-corrected chi connectivity index (χ1v) is 8.64. The maximum Gasteiger partial charge on any atom is 0.374 e. The van der Waals surface area contributed by atoms with Gasteiger partial charge in [0.15, 0.2) is 11.3 Å². The van der Waals surface area contributed by atoms with Crippen LogP contribution in [0.15, 0.2) is 68.6 Å². The molecule has 0 N–H and O–H groups in total. The third-order valence-corrected chi connectivity index (χ3v) is 4.34. The zero-order chi connectivity index (χ0) is 20.4. The topological polar surface area (TPSA) is 115 Å². The van der Waals surface area contributed by atoms with Gasteiger partial charge in [0.1, 0.15) is 18.7 Å². The van der Waals surface area contributed by atoms with Crippen LogP contribution in [0.25, 0.3) is 21.9 Å². The van der Waals surface area contributed by atoms with Crippen LogP contribution in [0.3, 0.4) is 0 Å². The number of benzene rings is 2. The molecule has 4 rings (SSSR count). The van der Waals surface area contributed by atoms with Crippen molar-refractivity contribution in [2.45, 2.75) is 13.2 Å². The van der Waals surface area contributed by atoms with Crippen molar-refractivity contribution in [3.63, 3.8) is 0 Å². The van der Waals surface area contributed by atoms with E-state index in [1.807, 2.05) is 6.07 Å². The lowest BCUT2D eigenvalue weighted by Crippen LogP contribution is -2.26. The van der Waals surface area contributed by atoms with Gasteiger partial charge in [-0.1, -0.05) is 24.3 Å². The summed E-state index contributed by atoms with van der Waals surface area (Å²) >= 11 is 0. The average Bonchev–Trinajstić information content (AvgIpc) is 2.74. The molecule has 2 heterocycles. The van der Waals surface area contributed by atoms with E-state index in [0.717, 1.165) is 10.6 Å². The van der Waals surface area contributed by atoms with Crippen molar-refractivity contribution in [3.05, 3.63) is 86.8 Å². The van der Waals surface area contributed by atoms with Gasteiger partial charge in [0.05, 0.1) is 22.4 Å². The van der Waals surface area contributed by atoms with Crippen molar-refractivity contribution in [1.29, 1.82) is 5.26 Å². The molecule has 4 aromatic rings. The number of carbonyl (C=O) groups is 1. The molecule has 2 aromatic heterocycles. The van der Waals surface area contributed by atoms with Gasteiger partial charge in [-0.2, -0.15) is 5.26 Å². The lowest BCUT2D eigenvalue weighted by Gasteiger charge is -2.11. The van der Waals surface area contributed by atoms with Gasteiger partial charge in [-0.3, -0.25) is 14.2 Å². The van der Waals surface area contributed by atoms with Crippen molar-refractivity contribution < 1.29 is 13.9 Å².